The molecule has 5 heterocycles. The summed E-state index contributed by atoms with van der Waals surface area (Å²) in [5.41, 5.74) is 2.61. The van der Waals surface area contributed by atoms with Gasteiger partial charge in [-0.2, -0.15) is 11.3 Å². The molecule has 0 N–H and O–H groups in total. The van der Waals surface area contributed by atoms with Gasteiger partial charge in [-0.05, 0) is 30.9 Å². The van der Waals surface area contributed by atoms with Gasteiger partial charge in [-0.15, -0.1) is 0 Å². The molecule has 0 unspecified atom stereocenters. The molecule has 1 saturated heterocycles. The van der Waals surface area contributed by atoms with Crippen molar-refractivity contribution in [2.45, 2.75) is 32.1 Å². The third-order valence-electron chi connectivity index (χ3n) is 5.40. The summed E-state index contributed by atoms with van der Waals surface area (Å²) < 4.78 is 13.8. The van der Waals surface area contributed by atoms with Gasteiger partial charge < -0.3 is 18.6 Å². The molecule has 3 aromatic rings. The summed E-state index contributed by atoms with van der Waals surface area (Å²) in [6.07, 6.45) is 4.32. The molecule has 5 rings (SSSR count). The highest BCUT2D eigenvalue weighted by atomic mass is 32.1. The molecule has 0 bridgehead atoms. The maximum absolute atomic E-state index is 12.8. The van der Waals surface area contributed by atoms with E-state index in [9.17, 15) is 4.79 Å². The van der Waals surface area contributed by atoms with E-state index in [0.717, 1.165) is 24.5 Å². The summed E-state index contributed by atoms with van der Waals surface area (Å²) in [7, 11) is 0. The van der Waals surface area contributed by atoms with Crippen molar-refractivity contribution >= 4 is 17.2 Å². The molecule has 0 saturated carbocycles. The van der Waals surface area contributed by atoms with Crippen LogP contribution in [0.3, 0.4) is 0 Å². The average Bonchev–Trinajstić information content (AvgIpc) is 3.41. The number of hydrogen-bond acceptors (Lipinski definition) is 5. The second-order valence-electron chi connectivity index (χ2n) is 7.00. The number of fused-ring (bicyclic) bond motifs is 1. The normalized spacial score (nSPS) is 22.1. The predicted octanol–water partition coefficient (Wildman–Crippen LogP) is 3.33. The quantitative estimate of drug-likeness (QED) is 0.695. The van der Waals surface area contributed by atoms with Crippen molar-refractivity contribution in [3.8, 4) is 11.3 Å². The number of ether oxygens (including phenoxy) is 1. The Morgan fingerprint density at radius 3 is 3.04 bits per heavy atom. The number of furan rings is 1. The van der Waals surface area contributed by atoms with Crippen LogP contribution < -0.4 is 0 Å². The van der Waals surface area contributed by atoms with Crippen molar-refractivity contribution in [2.24, 2.45) is 0 Å². The Labute approximate surface area is 155 Å². The van der Waals surface area contributed by atoms with Gasteiger partial charge in [0.15, 0.2) is 0 Å². The molecule has 0 radical (unpaired) electrons. The first-order valence-corrected chi connectivity index (χ1v) is 9.64. The van der Waals surface area contributed by atoms with Crippen molar-refractivity contribution in [3.63, 3.8) is 0 Å². The molecule has 3 aromatic heterocycles. The first kappa shape index (κ1) is 15.8. The lowest BCUT2D eigenvalue weighted by Gasteiger charge is -2.35. The van der Waals surface area contributed by atoms with Gasteiger partial charge in [0.2, 0.25) is 0 Å². The van der Waals surface area contributed by atoms with E-state index in [2.05, 4.69) is 26.4 Å². The zero-order valence-electron chi connectivity index (χ0n) is 14.5. The fourth-order valence-corrected chi connectivity index (χ4v) is 4.59. The third-order valence-corrected chi connectivity index (χ3v) is 6.08. The smallest absolute Gasteiger partial charge is 0.257 e. The zero-order chi connectivity index (χ0) is 17.7. The molecule has 26 heavy (non-hydrogen) atoms. The van der Waals surface area contributed by atoms with Crippen molar-refractivity contribution in [2.75, 3.05) is 13.1 Å². The van der Waals surface area contributed by atoms with Gasteiger partial charge in [-0.1, -0.05) is 0 Å². The van der Waals surface area contributed by atoms with E-state index in [4.69, 9.17) is 9.15 Å². The Kier molecular flexibility index (Phi) is 3.55. The molecule has 1 atom stereocenters. The first-order chi connectivity index (χ1) is 12.7. The Balaban J connectivity index is 1.40. The van der Waals surface area contributed by atoms with Crippen LogP contribution in [0.2, 0.25) is 0 Å². The molecule has 0 aromatic carbocycles. The van der Waals surface area contributed by atoms with E-state index in [-0.39, 0.29) is 11.5 Å². The fourth-order valence-electron chi connectivity index (χ4n) is 3.94. The number of rotatable bonds is 2. The summed E-state index contributed by atoms with van der Waals surface area (Å²) in [6.45, 7) is 4.32. The molecule has 134 valence electrons. The van der Waals surface area contributed by atoms with E-state index in [1.165, 1.54) is 5.56 Å². The van der Waals surface area contributed by atoms with Crippen molar-refractivity contribution < 1.29 is 13.9 Å². The van der Waals surface area contributed by atoms with Gasteiger partial charge in [0.1, 0.15) is 23.8 Å². The summed E-state index contributed by atoms with van der Waals surface area (Å²) in [5, 5.41) is 4.21. The number of thiophene rings is 1. The highest BCUT2D eigenvalue weighted by Gasteiger charge is 2.45. The number of amides is 1. The van der Waals surface area contributed by atoms with Gasteiger partial charge in [0, 0.05) is 17.5 Å². The summed E-state index contributed by atoms with van der Waals surface area (Å²) in [4.78, 5) is 19.2. The Morgan fingerprint density at radius 1 is 1.35 bits per heavy atom. The van der Waals surface area contributed by atoms with Crippen LogP contribution in [0.4, 0.5) is 0 Å². The number of carbonyl (C=O) groups is 1. The minimum absolute atomic E-state index is 0.0196. The molecule has 1 amide bonds. The minimum Gasteiger partial charge on any atom is -0.469 e. The van der Waals surface area contributed by atoms with Crippen LogP contribution in [0.5, 0.6) is 0 Å². The Hall–Kier alpha value is -2.38. The van der Waals surface area contributed by atoms with E-state index >= 15 is 0 Å². The van der Waals surface area contributed by atoms with Crippen LogP contribution in [0, 0.1) is 6.92 Å². The van der Waals surface area contributed by atoms with Gasteiger partial charge in [0.25, 0.3) is 5.91 Å². The topological polar surface area (TPSA) is 60.5 Å². The summed E-state index contributed by atoms with van der Waals surface area (Å²) in [6, 6.07) is 3.86. The number of aryl methyl sites for hydroxylation is 1. The second-order valence-corrected chi connectivity index (χ2v) is 7.78. The molecular weight excluding hydrogens is 350 g/mol. The summed E-state index contributed by atoms with van der Waals surface area (Å²) in [5.74, 6) is 1.63. The lowest BCUT2D eigenvalue weighted by atomic mass is 10.0. The highest BCUT2D eigenvalue weighted by molar-refractivity contribution is 7.08. The van der Waals surface area contributed by atoms with Crippen LogP contribution in [0.15, 0.2) is 39.8 Å². The first-order valence-electron chi connectivity index (χ1n) is 8.70. The molecule has 1 spiro atoms. The van der Waals surface area contributed by atoms with Crippen LogP contribution in [0.1, 0.15) is 28.4 Å². The van der Waals surface area contributed by atoms with Crippen LogP contribution in [-0.4, -0.2) is 39.0 Å². The van der Waals surface area contributed by atoms with Gasteiger partial charge in [-0.25, -0.2) is 4.98 Å². The van der Waals surface area contributed by atoms with E-state index in [1.54, 1.807) is 23.7 Å². The number of imidazole rings is 1. The van der Waals surface area contributed by atoms with Crippen molar-refractivity contribution in [3.05, 3.63) is 52.5 Å². The minimum atomic E-state index is -0.341. The largest absolute Gasteiger partial charge is 0.469 e. The molecule has 6 nitrogen and oxygen atoms in total. The number of carbonyl (C=O) groups excluding carboxylic acids is 1. The number of nitrogens with zero attached hydrogens (tertiary/aromatic N) is 3. The van der Waals surface area contributed by atoms with Crippen LogP contribution in [-0.2, 0) is 17.9 Å². The third kappa shape index (κ3) is 2.42. The molecular formula is C19H19N3O3S. The lowest BCUT2D eigenvalue weighted by molar-refractivity contribution is -0.0804. The zero-order valence-corrected chi connectivity index (χ0v) is 15.3. The molecule has 1 fully saturated rings. The number of aromatic nitrogens is 2. The number of hydrogen-bond donors (Lipinski definition) is 0. The monoisotopic (exact) mass is 369 g/mol. The van der Waals surface area contributed by atoms with E-state index in [1.807, 2.05) is 18.0 Å². The van der Waals surface area contributed by atoms with Gasteiger partial charge >= 0.3 is 0 Å². The maximum atomic E-state index is 12.8. The number of likely N-dealkylation sites (tertiary alicyclic amines) is 1. The van der Waals surface area contributed by atoms with Gasteiger partial charge in [-0.3, -0.25) is 4.79 Å². The molecule has 7 heteroatoms. The average molecular weight is 369 g/mol. The fraction of sp³-hybridized carbons (Fsp3) is 0.368. The molecule has 2 aliphatic rings. The second kappa shape index (κ2) is 5.82. The predicted molar refractivity (Wildman–Crippen MR) is 97.0 cm³/mol. The van der Waals surface area contributed by atoms with Crippen molar-refractivity contribution in [1.82, 2.24) is 14.5 Å². The molecule has 0 aliphatic carbocycles. The SMILES string of the molecule is Cc1occc1C(=O)N1CC[C@]2(C1)Cn1c(-c3ccsc3)cnc1CO2. The van der Waals surface area contributed by atoms with Crippen LogP contribution in [0.25, 0.3) is 11.3 Å². The van der Waals surface area contributed by atoms with Crippen LogP contribution >= 0.6 is 11.3 Å². The Morgan fingerprint density at radius 2 is 2.27 bits per heavy atom. The molecule has 2 aliphatic heterocycles. The Bertz CT molecular complexity index is 959. The van der Waals surface area contributed by atoms with E-state index in [0.29, 0.717) is 31.0 Å². The van der Waals surface area contributed by atoms with Gasteiger partial charge in [0.05, 0.1) is 36.8 Å². The highest BCUT2D eigenvalue weighted by Crippen LogP contribution is 2.36. The van der Waals surface area contributed by atoms with E-state index < -0.39 is 0 Å². The maximum Gasteiger partial charge on any atom is 0.257 e. The summed E-state index contributed by atoms with van der Waals surface area (Å²) >= 11 is 1.68. The standard InChI is InChI=1S/C19H19N3O3S/c1-13-15(2-6-24-13)18(23)21-5-4-19(11-21)12-22-16(14-3-7-26-10-14)8-20-17(22)9-25-19/h2-3,6-8,10H,4-5,9,11-12H2,1H3/t19-/m0/s1. The van der Waals surface area contributed by atoms with Crippen molar-refractivity contribution in [1.29, 1.82) is 0 Å². The lowest BCUT2D eigenvalue weighted by Crippen LogP contribution is -2.45.